The van der Waals surface area contributed by atoms with Gasteiger partial charge in [0, 0.05) is 41.1 Å². The highest BCUT2D eigenvalue weighted by atomic mass is 32.2. The molecule has 172 valence electrons. The van der Waals surface area contributed by atoms with E-state index in [1.165, 1.54) is 24.3 Å². The highest BCUT2D eigenvalue weighted by molar-refractivity contribution is 8.03. The fourth-order valence-corrected chi connectivity index (χ4v) is 5.92. The lowest BCUT2D eigenvalue weighted by atomic mass is 10.1. The van der Waals surface area contributed by atoms with Crippen LogP contribution in [0.4, 0.5) is 11.4 Å². The minimum absolute atomic E-state index is 0.0329. The van der Waals surface area contributed by atoms with Gasteiger partial charge in [0.05, 0.1) is 16.0 Å². The van der Waals surface area contributed by atoms with E-state index < -0.39 is 7.60 Å². The number of carbonyl (C=O) groups is 2. The third kappa shape index (κ3) is 4.33. The van der Waals surface area contributed by atoms with E-state index in [1.54, 1.807) is 11.8 Å². The van der Waals surface area contributed by atoms with Crippen molar-refractivity contribution in [3.63, 3.8) is 0 Å². The Hall–Kier alpha value is -3.16. The fraction of sp³-hybridized carbons (Fsp3) is 0.120. The van der Waals surface area contributed by atoms with Crippen LogP contribution in [-0.2, 0) is 15.8 Å². The van der Waals surface area contributed by atoms with Gasteiger partial charge in [0.2, 0.25) is 5.91 Å². The van der Waals surface area contributed by atoms with Gasteiger partial charge in [-0.05, 0) is 42.0 Å². The van der Waals surface area contributed by atoms with Crippen molar-refractivity contribution in [1.29, 1.82) is 0 Å². The number of Topliss-reactive ketones (excluding diaryl/α,β-unsaturated/α-hetero) is 1. The molecule has 1 heterocycles. The number of hydrogen-bond donors (Lipinski definition) is 3. The molecule has 34 heavy (non-hydrogen) atoms. The molecule has 2 aliphatic rings. The first-order chi connectivity index (χ1) is 16.3. The van der Waals surface area contributed by atoms with E-state index in [1.807, 2.05) is 53.4 Å². The van der Waals surface area contributed by atoms with Gasteiger partial charge in [-0.15, -0.1) is 0 Å². The summed E-state index contributed by atoms with van der Waals surface area (Å²) in [5.74, 6) is -0.200. The van der Waals surface area contributed by atoms with Crippen molar-refractivity contribution in [3.05, 3.63) is 94.5 Å². The maximum absolute atomic E-state index is 13.1. The summed E-state index contributed by atoms with van der Waals surface area (Å²) in [5, 5.41) is 3.53. The van der Waals surface area contributed by atoms with Crippen LogP contribution in [0, 0.1) is 0 Å². The van der Waals surface area contributed by atoms with E-state index >= 15 is 0 Å². The highest BCUT2D eigenvalue weighted by Gasteiger charge is 2.34. The van der Waals surface area contributed by atoms with E-state index in [0.29, 0.717) is 18.7 Å². The van der Waals surface area contributed by atoms with Crippen LogP contribution >= 0.6 is 19.4 Å². The molecule has 1 amide bonds. The van der Waals surface area contributed by atoms with Crippen LogP contribution in [0.2, 0.25) is 0 Å². The second kappa shape index (κ2) is 8.89. The SMILES string of the molecule is O=C(CCN1C(=C2Cc3ccccc3C2=O)Sc2ccccc21)Nc1ccc(P(=O)(O)O)cc1. The molecule has 3 aromatic carbocycles. The van der Waals surface area contributed by atoms with Gasteiger partial charge < -0.3 is 20.0 Å². The summed E-state index contributed by atoms with van der Waals surface area (Å²) in [6, 6.07) is 21.1. The van der Waals surface area contributed by atoms with Crippen molar-refractivity contribution in [2.24, 2.45) is 0 Å². The molecule has 3 aromatic rings. The second-order valence-corrected chi connectivity index (χ2v) is 10.7. The molecule has 5 rings (SSSR count). The van der Waals surface area contributed by atoms with Crippen molar-refractivity contribution in [2.45, 2.75) is 17.7 Å². The summed E-state index contributed by atoms with van der Waals surface area (Å²) in [4.78, 5) is 47.3. The number of hydrogen-bond acceptors (Lipinski definition) is 5. The highest BCUT2D eigenvalue weighted by Crippen LogP contribution is 2.49. The standard InChI is InChI=1S/C25H21N2O5PS/c28-23(26-17-9-11-18(12-10-17)33(30,31)32)13-14-27-21-7-3-4-8-22(21)34-25(27)20-15-16-5-1-2-6-19(16)24(20)29/h1-12H,13-15H2,(H,26,28)(H2,30,31,32). The largest absolute Gasteiger partial charge is 0.356 e. The zero-order valence-corrected chi connectivity index (χ0v) is 19.7. The molecule has 0 bridgehead atoms. The number of ketones is 1. The number of para-hydroxylation sites is 1. The number of benzene rings is 3. The van der Waals surface area contributed by atoms with Crippen LogP contribution in [0.3, 0.4) is 0 Å². The lowest BCUT2D eigenvalue weighted by molar-refractivity contribution is -0.116. The maximum atomic E-state index is 13.1. The molecule has 0 aromatic heterocycles. The third-order valence-corrected chi connectivity index (χ3v) is 8.02. The predicted octanol–water partition coefficient (Wildman–Crippen LogP) is 4.08. The third-order valence-electron chi connectivity index (χ3n) is 5.82. The number of amides is 1. The normalized spacial score (nSPS) is 17.0. The Kier molecular flexibility index (Phi) is 5.91. The fourth-order valence-electron chi connectivity index (χ4n) is 4.16. The summed E-state index contributed by atoms with van der Waals surface area (Å²) >= 11 is 1.55. The number of nitrogens with zero attached hydrogens (tertiary/aromatic N) is 1. The number of fused-ring (bicyclic) bond motifs is 2. The van der Waals surface area contributed by atoms with Crippen molar-refractivity contribution < 1.29 is 23.9 Å². The van der Waals surface area contributed by atoms with E-state index in [2.05, 4.69) is 5.32 Å². The lowest BCUT2D eigenvalue weighted by Gasteiger charge is -2.21. The number of carbonyl (C=O) groups excluding carboxylic acids is 2. The number of allylic oxidation sites excluding steroid dienone is 1. The Morgan fingerprint density at radius 2 is 1.71 bits per heavy atom. The van der Waals surface area contributed by atoms with E-state index in [4.69, 9.17) is 0 Å². The first-order valence-electron chi connectivity index (χ1n) is 10.7. The molecule has 0 radical (unpaired) electrons. The molecule has 0 fully saturated rings. The average Bonchev–Trinajstić information content (AvgIpc) is 3.35. The van der Waals surface area contributed by atoms with E-state index in [-0.39, 0.29) is 23.4 Å². The van der Waals surface area contributed by atoms with E-state index in [0.717, 1.165) is 32.3 Å². The van der Waals surface area contributed by atoms with Crippen LogP contribution in [0.25, 0.3) is 0 Å². The Bertz CT molecular complexity index is 1380. The molecule has 7 nitrogen and oxygen atoms in total. The minimum Gasteiger partial charge on any atom is -0.334 e. The van der Waals surface area contributed by atoms with Gasteiger partial charge in [0.25, 0.3) is 0 Å². The smallest absolute Gasteiger partial charge is 0.334 e. The van der Waals surface area contributed by atoms with Gasteiger partial charge in [-0.3, -0.25) is 14.2 Å². The van der Waals surface area contributed by atoms with Gasteiger partial charge in [-0.25, -0.2) is 0 Å². The monoisotopic (exact) mass is 492 g/mol. The maximum Gasteiger partial charge on any atom is 0.356 e. The van der Waals surface area contributed by atoms with Gasteiger partial charge in [0.1, 0.15) is 0 Å². The Morgan fingerprint density at radius 3 is 2.44 bits per heavy atom. The molecule has 0 unspecified atom stereocenters. The van der Waals surface area contributed by atoms with Crippen LogP contribution < -0.4 is 15.5 Å². The molecule has 1 aliphatic heterocycles. The van der Waals surface area contributed by atoms with Gasteiger partial charge in [-0.1, -0.05) is 48.2 Å². The zero-order valence-electron chi connectivity index (χ0n) is 18.0. The van der Waals surface area contributed by atoms with E-state index in [9.17, 15) is 23.9 Å². The summed E-state index contributed by atoms with van der Waals surface area (Å²) in [7, 11) is -4.33. The molecular formula is C25H21N2O5PS. The van der Waals surface area contributed by atoms with Crippen molar-refractivity contribution in [1.82, 2.24) is 0 Å². The molecule has 1 aliphatic carbocycles. The number of rotatable bonds is 5. The van der Waals surface area contributed by atoms with Crippen LogP contribution in [0.1, 0.15) is 22.3 Å². The number of anilines is 2. The van der Waals surface area contributed by atoms with Crippen LogP contribution in [0.15, 0.2) is 88.3 Å². The molecule has 0 saturated heterocycles. The van der Waals surface area contributed by atoms with Gasteiger partial charge in [-0.2, -0.15) is 0 Å². The topological polar surface area (TPSA) is 107 Å². The first kappa shape index (κ1) is 22.6. The van der Waals surface area contributed by atoms with Gasteiger partial charge in [0.15, 0.2) is 5.78 Å². The number of thioether (sulfide) groups is 1. The lowest BCUT2D eigenvalue weighted by Crippen LogP contribution is -2.25. The van der Waals surface area contributed by atoms with Crippen molar-refractivity contribution in [3.8, 4) is 0 Å². The molecular weight excluding hydrogens is 471 g/mol. The average molecular weight is 492 g/mol. The molecule has 0 saturated carbocycles. The Labute approximate surface area is 200 Å². The summed E-state index contributed by atoms with van der Waals surface area (Å²) in [6.07, 6.45) is 0.743. The Balaban J connectivity index is 1.35. The molecule has 0 atom stereocenters. The first-order valence-corrected chi connectivity index (χ1v) is 13.1. The zero-order chi connectivity index (χ0) is 23.9. The van der Waals surface area contributed by atoms with Crippen molar-refractivity contribution in [2.75, 3.05) is 16.8 Å². The summed E-state index contributed by atoms with van der Waals surface area (Å²) in [5.41, 5.74) is 3.92. The second-order valence-electron chi connectivity index (χ2n) is 8.06. The van der Waals surface area contributed by atoms with Gasteiger partial charge >= 0.3 is 7.60 Å². The molecule has 9 heteroatoms. The Morgan fingerprint density at radius 1 is 1.00 bits per heavy atom. The molecule has 3 N–H and O–H groups in total. The van der Waals surface area contributed by atoms with Crippen LogP contribution in [0.5, 0.6) is 0 Å². The van der Waals surface area contributed by atoms with Crippen molar-refractivity contribution >= 4 is 47.7 Å². The summed E-state index contributed by atoms with van der Waals surface area (Å²) < 4.78 is 11.3. The minimum atomic E-state index is -4.33. The van der Waals surface area contributed by atoms with Crippen LogP contribution in [-0.4, -0.2) is 28.0 Å². The quantitative estimate of drug-likeness (QED) is 0.364. The summed E-state index contributed by atoms with van der Waals surface area (Å²) in [6.45, 7) is 0.388. The number of nitrogens with one attached hydrogen (secondary N) is 1. The molecule has 0 spiro atoms. The predicted molar refractivity (Wildman–Crippen MR) is 133 cm³/mol.